The van der Waals surface area contributed by atoms with E-state index in [1.165, 1.54) is 0 Å². The number of piperidine rings is 1. The Kier molecular flexibility index (Phi) is 2.97. The smallest absolute Gasteiger partial charge is 0.250 e. The molecule has 0 bridgehead atoms. The van der Waals surface area contributed by atoms with E-state index < -0.39 is 0 Å². The van der Waals surface area contributed by atoms with Crippen LogP contribution in [0.4, 0.5) is 5.69 Å². The van der Waals surface area contributed by atoms with Gasteiger partial charge in [0, 0.05) is 12.7 Å². The Labute approximate surface area is 112 Å². The van der Waals surface area contributed by atoms with E-state index in [1.807, 2.05) is 13.0 Å². The summed E-state index contributed by atoms with van der Waals surface area (Å²) in [5, 5.41) is 0. The molecule has 0 aromatic carbocycles. The molecule has 1 unspecified atom stereocenters. The highest BCUT2D eigenvalue weighted by atomic mass is 16.2. The van der Waals surface area contributed by atoms with Crippen LogP contribution in [0.2, 0.25) is 0 Å². The monoisotopic (exact) mass is 259 g/mol. The van der Waals surface area contributed by atoms with Crippen LogP contribution in [-0.4, -0.2) is 40.8 Å². The van der Waals surface area contributed by atoms with Crippen LogP contribution in [0.1, 0.15) is 25.0 Å². The highest BCUT2D eigenvalue weighted by Gasteiger charge is 2.41. The molecule has 2 fully saturated rings. The van der Waals surface area contributed by atoms with Gasteiger partial charge in [-0.3, -0.25) is 19.5 Å². The van der Waals surface area contributed by atoms with Crippen molar-refractivity contribution in [2.45, 2.75) is 32.2 Å². The van der Waals surface area contributed by atoms with E-state index in [0.717, 1.165) is 37.2 Å². The van der Waals surface area contributed by atoms with Crippen LogP contribution < -0.4 is 4.90 Å². The lowest BCUT2D eigenvalue weighted by Crippen LogP contribution is -2.61. The van der Waals surface area contributed by atoms with Crippen molar-refractivity contribution in [3.63, 3.8) is 0 Å². The summed E-state index contributed by atoms with van der Waals surface area (Å²) in [4.78, 5) is 32.3. The van der Waals surface area contributed by atoms with Crippen molar-refractivity contribution >= 4 is 17.5 Å². The molecule has 0 saturated carbocycles. The third kappa shape index (κ3) is 1.99. The van der Waals surface area contributed by atoms with Gasteiger partial charge in [-0.15, -0.1) is 0 Å². The van der Waals surface area contributed by atoms with E-state index in [9.17, 15) is 9.59 Å². The van der Waals surface area contributed by atoms with Crippen molar-refractivity contribution in [2.75, 3.05) is 18.0 Å². The molecule has 2 saturated heterocycles. The molecule has 0 spiro atoms. The first-order valence-electron chi connectivity index (χ1n) is 6.71. The molecule has 5 nitrogen and oxygen atoms in total. The van der Waals surface area contributed by atoms with Crippen molar-refractivity contribution < 1.29 is 9.59 Å². The number of aromatic nitrogens is 1. The lowest BCUT2D eigenvalue weighted by molar-refractivity contribution is -0.144. The second-order valence-corrected chi connectivity index (χ2v) is 5.13. The Hall–Kier alpha value is -1.91. The van der Waals surface area contributed by atoms with Crippen molar-refractivity contribution in [2.24, 2.45) is 0 Å². The average molecular weight is 259 g/mol. The van der Waals surface area contributed by atoms with Crippen LogP contribution >= 0.6 is 0 Å². The zero-order chi connectivity index (χ0) is 13.4. The minimum atomic E-state index is -0.269. The number of hydrogen-bond acceptors (Lipinski definition) is 3. The lowest BCUT2D eigenvalue weighted by Gasteiger charge is -2.42. The molecule has 0 N–H and O–H groups in total. The molecule has 1 aromatic heterocycles. The van der Waals surface area contributed by atoms with Gasteiger partial charge in [0.1, 0.15) is 12.6 Å². The van der Waals surface area contributed by atoms with Crippen molar-refractivity contribution in [1.29, 1.82) is 0 Å². The fourth-order valence-corrected chi connectivity index (χ4v) is 2.94. The van der Waals surface area contributed by atoms with Crippen molar-refractivity contribution in [1.82, 2.24) is 9.88 Å². The van der Waals surface area contributed by atoms with Crippen LogP contribution in [0.15, 0.2) is 18.3 Å². The van der Waals surface area contributed by atoms with Crippen molar-refractivity contribution in [3.8, 4) is 0 Å². The second-order valence-electron chi connectivity index (χ2n) is 5.13. The number of rotatable bonds is 1. The summed E-state index contributed by atoms with van der Waals surface area (Å²) in [6.45, 7) is 2.72. The SMILES string of the molecule is Cc1ncccc1N1CC(=O)N2CCCCC2C1=O. The average Bonchev–Trinajstić information content (AvgIpc) is 2.44. The number of carbonyl (C=O) groups is 2. The maximum atomic E-state index is 12.6. The van der Waals surface area contributed by atoms with Gasteiger partial charge in [-0.2, -0.15) is 0 Å². The number of carbonyl (C=O) groups excluding carboxylic acids is 2. The van der Waals surface area contributed by atoms with Crippen LogP contribution in [0.5, 0.6) is 0 Å². The zero-order valence-electron chi connectivity index (χ0n) is 11.0. The molecule has 2 aliphatic rings. The molecule has 0 radical (unpaired) electrons. The first-order chi connectivity index (χ1) is 9.18. The minimum Gasteiger partial charge on any atom is -0.329 e. The summed E-state index contributed by atoms with van der Waals surface area (Å²) in [5.74, 6) is 0.0861. The number of amides is 2. The Balaban J connectivity index is 1.94. The standard InChI is InChI=1S/C14H17N3O2/c1-10-11(6-4-7-15-10)17-9-13(18)16-8-3-2-5-12(16)14(17)19/h4,6-7,12H,2-3,5,8-9H2,1H3. The molecule has 1 atom stereocenters. The van der Waals surface area contributed by atoms with Gasteiger partial charge < -0.3 is 4.90 Å². The Morgan fingerprint density at radius 2 is 2.16 bits per heavy atom. The van der Waals surface area contributed by atoms with E-state index in [0.29, 0.717) is 0 Å². The summed E-state index contributed by atoms with van der Waals surface area (Å²) in [6.07, 6.45) is 4.49. The van der Waals surface area contributed by atoms with Crippen LogP contribution in [0.25, 0.3) is 0 Å². The molecule has 1 aromatic rings. The second kappa shape index (κ2) is 4.64. The molecular formula is C14H17N3O2. The van der Waals surface area contributed by atoms with E-state index in [2.05, 4.69) is 4.98 Å². The predicted octanol–water partition coefficient (Wildman–Crippen LogP) is 1.12. The molecule has 5 heteroatoms. The number of aryl methyl sites for hydroxylation is 1. The summed E-state index contributed by atoms with van der Waals surface area (Å²) >= 11 is 0. The van der Waals surface area contributed by atoms with E-state index in [-0.39, 0.29) is 24.4 Å². The summed E-state index contributed by atoms with van der Waals surface area (Å²) in [6, 6.07) is 3.38. The molecular weight excluding hydrogens is 242 g/mol. The highest BCUT2D eigenvalue weighted by molar-refractivity contribution is 6.06. The minimum absolute atomic E-state index is 0.0374. The number of nitrogens with zero attached hydrogens (tertiary/aromatic N) is 3. The maximum absolute atomic E-state index is 12.6. The number of anilines is 1. The van der Waals surface area contributed by atoms with Crippen LogP contribution in [-0.2, 0) is 9.59 Å². The van der Waals surface area contributed by atoms with Gasteiger partial charge in [0.25, 0.3) is 0 Å². The van der Waals surface area contributed by atoms with Crippen LogP contribution in [0.3, 0.4) is 0 Å². The molecule has 0 aliphatic carbocycles. The third-order valence-corrected chi connectivity index (χ3v) is 3.94. The quantitative estimate of drug-likeness (QED) is 0.759. The molecule has 3 heterocycles. The molecule has 3 rings (SSSR count). The van der Waals surface area contributed by atoms with Gasteiger partial charge >= 0.3 is 0 Å². The lowest BCUT2D eigenvalue weighted by atomic mass is 9.98. The number of hydrogen-bond donors (Lipinski definition) is 0. The highest BCUT2D eigenvalue weighted by Crippen LogP contribution is 2.27. The number of fused-ring (bicyclic) bond motifs is 1. The largest absolute Gasteiger partial charge is 0.329 e. The van der Waals surface area contributed by atoms with Crippen molar-refractivity contribution in [3.05, 3.63) is 24.0 Å². The molecule has 100 valence electrons. The third-order valence-electron chi connectivity index (χ3n) is 3.94. The molecule has 19 heavy (non-hydrogen) atoms. The van der Waals surface area contributed by atoms with E-state index in [4.69, 9.17) is 0 Å². The fraction of sp³-hybridized carbons (Fsp3) is 0.500. The summed E-state index contributed by atoms with van der Waals surface area (Å²) < 4.78 is 0. The first-order valence-corrected chi connectivity index (χ1v) is 6.71. The van der Waals surface area contributed by atoms with Gasteiger partial charge in [0.05, 0.1) is 11.4 Å². The van der Waals surface area contributed by atoms with Gasteiger partial charge in [0.2, 0.25) is 11.8 Å². The number of piperazine rings is 1. The Morgan fingerprint density at radius 1 is 1.32 bits per heavy atom. The van der Waals surface area contributed by atoms with Crippen LogP contribution in [0, 0.1) is 6.92 Å². The summed E-state index contributed by atoms with van der Waals surface area (Å²) in [5.41, 5.74) is 1.54. The van der Waals surface area contributed by atoms with E-state index >= 15 is 0 Å². The van der Waals surface area contributed by atoms with Gasteiger partial charge in [-0.25, -0.2) is 0 Å². The zero-order valence-corrected chi connectivity index (χ0v) is 11.0. The fourth-order valence-electron chi connectivity index (χ4n) is 2.94. The number of pyridine rings is 1. The van der Waals surface area contributed by atoms with Gasteiger partial charge in [0.15, 0.2) is 0 Å². The molecule has 2 aliphatic heterocycles. The topological polar surface area (TPSA) is 53.5 Å². The normalized spacial score (nSPS) is 23.5. The summed E-state index contributed by atoms with van der Waals surface area (Å²) in [7, 11) is 0. The van der Waals surface area contributed by atoms with Gasteiger partial charge in [-0.05, 0) is 38.3 Å². The predicted molar refractivity (Wildman–Crippen MR) is 70.7 cm³/mol. The van der Waals surface area contributed by atoms with Gasteiger partial charge in [-0.1, -0.05) is 0 Å². The first kappa shape index (κ1) is 12.1. The molecule has 2 amide bonds. The Morgan fingerprint density at radius 3 is 2.95 bits per heavy atom. The van der Waals surface area contributed by atoms with E-state index in [1.54, 1.807) is 22.1 Å². The Bertz CT molecular complexity index is 529. The maximum Gasteiger partial charge on any atom is 0.250 e.